The Bertz CT molecular complexity index is 1060. The van der Waals surface area contributed by atoms with Crippen molar-refractivity contribution in [3.8, 4) is 0 Å². The van der Waals surface area contributed by atoms with Crippen LogP contribution in [0.1, 0.15) is 42.6 Å². The third kappa shape index (κ3) is 7.90. The van der Waals surface area contributed by atoms with Crippen molar-refractivity contribution >= 4 is 33.6 Å². The Hall–Kier alpha value is -3.40. The second kappa shape index (κ2) is 12.0. The van der Waals surface area contributed by atoms with Crippen molar-refractivity contribution in [3.63, 3.8) is 0 Å². The summed E-state index contributed by atoms with van der Waals surface area (Å²) in [6.45, 7) is 5.51. The second-order valence-electron chi connectivity index (χ2n) is 7.12. The average molecular weight is 477 g/mol. The van der Waals surface area contributed by atoms with E-state index in [2.05, 4.69) is 10.0 Å². The molecule has 178 valence electrons. The third-order valence-corrected chi connectivity index (χ3v) is 5.95. The molecule has 10 heteroatoms. The van der Waals surface area contributed by atoms with E-state index in [1.807, 2.05) is 6.92 Å². The van der Waals surface area contributed by atoms with E-state index in [9.17, 15) is 22.8 Å². The monoisotopic (exact) mass is 476 g/mol. The Balaban J connectivity index is 2.06. The highest BCUT2D eigenvalue weighted by Crippen LogP contribution is 2.17. The van der Waals surface area contributed by atoms with Crippen LogP contribution in [0.4, 0.5) is 5.69 Å². The molecule has 0 saturated heterocycles. The molecule has 0 bridgehead atoms. The number of ether oxygens (including phenoxy) is 2. The maximum absolute atomic E-state index is 12.6. The van der Waals surface area contributed by atoms with Gasteiger partial charge in [-0.3, -0.25) is 14.3 Å². The highest BCUT2D eigenvalue weighted by atomic mass is 32.2. The first-order valence-corrected chi connectivity index (χ1v) is 12.0. The summed E-state index contributed by atoms with van der Waals surface area (Å²) in [4.78, 5) is 36.5. The number of carbonyl (C=O) groups excluding carboxylic acids is 3. The number of esters is 2. The maximum atomic E-state index is 12.6. The molecule has 0 aliphatic heterocycles. The van der Waals surface area contributed by atoms with E-state index in [-0.39, 0.29) is 42.2 Å². The molecule has 0 saturated carbocycles. The SMILES string of the molecule is CCOC(=O)CC[C@@H](NC(=O)c1ccc(NS(=O)(=O)c2ccc(C)cc2)cc1)C(=O)OCC. The minimum absolute atomic E-state index is 0.0256. The van der Waals surface area contributed by atoms with Gasteiger partial charge < -0.3 is 14.8 Å². The molecule has 0 aromatic heterocycles. The minimum Gasteiger partial charge on any atom is -0.466 e. The van der Waals surface area contributed by atoms with Gasteiger partial charge in [0, 0.05) is 17.7 Å². The van der Waals surface area contributed by atoms with Crippen LogP contribution in [-0.2, 0) is 29.1 Å². The number of hydrogen-bond acceptors (Lipinski definition) is 7. The lowest BCUT2D eigenvalue weighted by molar-refractivity contribution is -0.146. The van der Waals surface area contributed by atoms with Crippen LogP contribution in [0.2, 0.25) is 0 Å². The number of hydrogen-bond donors (Lipinski definition) is 2. The molecular weight excluding hydrogens is 448 g/mol. The van der Waals surface area contributed by atoms with E-state index in [1.165, 1.54) is 36.4 Å². The predicted octanol–water partition coefficient (Wildman–Crippen LogP) is 2.80. The molecule has 0 aliphatic carbocycles. The summed E-state index contributed by atoms with van der Waals surface area (Å²) in [5.41, 5.74) is 1.42. The molecule has 2 aromatic rings. The Morgan fingerprint density at radius 1 is 0.909 bits per heavy atom. The lowest BCUT2D eigenvalue weighted by Gasteiger charge is -2.17. The van der Waals surface area contributed by atoms with Gasteiger partial charge in [-0.1, -0.05) is 17.7 Å². The summed E-state index contributed by atoms with van der Waals surface area (Å²) in [5, 5.41) is 2.55. The first-order valence-electron chi connectivity index (χ1n) is 10.5. The summed E-state index contributed by atoms with van der Waals surface area (Å²) < 4.78 is 37.3. The van der Waals surface area contributed by atoms with Gasteiger partial charge in [0.2, 0.25) is 0 Å². The van der Waals surface area contributed by atoms with Gasteiger partial charge in [-0.15, -0.1) is 0 Å². The lowest BCUT2D eigenvalue weighted by Crippen LogP contribution is -2.42. The van der Waals surface area contributed by atoms with Crippen LogP contribution in [0.5, 0.6) is 0 Å². The van der Waals surface area contributed by atoms with E-state index < -0.39 is 33.9 Å². The molecule has 2 aromatic carbocycles. The fourth-order valence-electron chi connectivity index (χ4n) is 2.85. The van der Waals surface area contributed by atoms with E-state index >= 15 is 0 Å². The zero-order valence-corrected chi connectivity index (χ0v) is 19.6. The molecule has 2 rings (SSSR count). The summed E-state index contributed by atoms with van der Waals surface area (Å²) in [6, 6.07) is 11.1. The molecule has 0 unspecified atom stereocenters. The zero-order valence-electron chi connectivity index (χ0n) is 18.8. The van der Waals surface area contributed by atoms with Crippen molar-refractivity contribution in [2.24, 2.45) is 0 Å². The van der Waals surface area contributed by atoms with Gasteiger partial charge in [0.1, 0.15) is 6.04 Å². The Morgan fingerprint density at radius 2 is 1.52 bits per heavy atom. The quantitative estimate of drug-likeness (QED) is 0.477. The number of benzene rings is 2. The van der Waals surface area contributed by atoms with Crippen molar-refractivity contribution in [1.29, 1.82) is 0 Å². The number of sulfonamides is 1. The van der Waals surface area contributed by atoms with Gasteiger partial charge in [0.15, 0.2) is 0 Å². The van der Waals surface area contributed by atoms with Crippen LogP contribution < -0.4 is 10.0 Å². The van der Waals surface area contributed by atoms with Crippen LogP contribution in [0.25, 0.3) is 0 Å². The summed E-state index contributed by atoms with van der Waals surface area (Å²) in [5.74, 6) is -1.70. The Labute approximate surface area is 193 Å². The topological polar surface area (TPSA) is 128 Å². The molecule has 1 amide bonds. The Morgan fingerprint density at radius 3 is 2.09 bits per heavy atom. The van der Waals surface area contributed by atoms with Gasteiger partial charge in [-0.2, -0.15) is 0 Å². The van der Waals surface area contributed by atoms with Crippen LogP contribution in [-0.4, -0.2) is 45.5 Å². The number of aryl methyl sites for hydroxylation is 1. The zero-order chi connectivity index (χ0) is 24.4. The van der Waals surface area contributed by atoms with Crippen molar-refractivity contribution in [2.45, 2.75) is 44.6 Å². The average Bonchev–Trinajstić information content (AvgIpc) is 2.77. The third-order valence-electron chi connectivity index (χ3n) is 4.55. The molecular formula is C23H28N2O7S. The molecule has 0 fully saturated rings. The van der Waals surface area contributed by atoms with Crippen LogP contribution in [0.3, 0.4) is 0 Å². The largest absolute Gasteiger partial charge is 0.466 e. The summed E-state index contributed by atoms with van der Waals surface area (Å²) >= 11 is 0. The van der Waals surface area contributed by atoms with Crippen molar-refractivity contribution in [1.82, 2.24) is 5.32 Å². The fourth-order valence-corrected chi connectivity index (χ4v) is 3.91. The highest BCUT2D eigenvalue weighted by Gasteiger charge is 2.24. The molecule has 9 nitrogen and oxygen atoms in total. The van der Waals surface area contributed by atoms with Crippen molar-refractivity contribution in [3.05, 3.63) is 59.7 Å². The Kier molecular flexibility index (Phi) is 9.41. The first kappa shape index (κ1) is 25.9. The summed E-state index contributed by atoms with van der Waals surface area (Å²) in [7, 11) is -3.78. The number of nitrogens with one attached hydrogen (secondary N) is 2. The first-order chi connectivity index (χ1) is 15.7. The van der Waals surface area contributed by atoms with Crippen LogP contribution in [0, 0.1) is 6.92 Å². The number of carbonyl (C=O) groups is 3. The van der Waals surface area contributed by atoms with E-state index in [1.54, 1.807) is 26.0 Å². The van der Waals surface area contributed by atoms with Crippen molar-refractivity contribution in [2.75, 3.05) is 17.9 Å². The smallest absolute Gasteiger partial charge is 0.328 e. The van der Waals surface area contributed by atoms with Gasteiger partial charge in [0.25, 0.3) is 15.9 Å². The van der Waals surface area contributed by atoms with E-state index in [0.29, 0.717) is 0 Å². The van der Waals surface area contributed by atoms with Crippen LogP contribution in [0.15, 0.2) is 53.4 Å². The minimum atomic E-state index is -3.78. The summed E-state index contributed by atoms with van der Waals surface area (Å²) in [6.07, 6.45) is -0.0326. The molecule has 33 heavy (non-hydrogen) atoms. The molecule has 0 radical (unpaired) electrons. The fraction of sp³-hybridized carbons (Fsp3) is 0.348. The number of anilines is 1. The molecule has 2 N–H and O–H groups in total. The van der Waals surface area contributed by atoms with E-state index in [0.717, 1.165) is 5.56 Å². The van der Waals surface area contributed by atoms with Gasteiger partial charge >= 0.3 is 11.9 Å². The molecule has 0 spiro atoms. The van der Waals surface area contributed by atoms with E-state index in [4.69, 9.17) is 9.47 Å². The van der Waals surface area contributed by atoms with Crippen LogP contribution >= 0.6 is 0 Å². The second-order valence-corrected chi connectivity index (χ2v) is 8.80. The molecule has 0 heterocycles. The number of amides is 1. The van der Waals surface area contributed by atoms with Crippen molar-refractivity contribution < 1.29 is 32.3 Å². The standard InChI is InChI=1S/C23H28N2O7S/c1-4-31-21(26)15-14-20(23(28)32-5-2)24-22(27)17-8-10-18(11-9-17)25-33(29,30)19-12-6-16(3)7-13-19/h6-13,20,25H,4-5,14-15H2,1-3H3,(H,24,27)/t20-/m1/s1. The van der Waals surface area contributed by atoms with Gasteiger partial charge in [-0.05, 0) is 63.6 Å². The number of rotatable bonds is 11. The van der Waals surface area contributed by atoms with Gasteiger partial charge in [-0.25, -0.2) is 13.2 Å². The maximum Gasteiger partial charge on any atom is 0.328 e. The van der Waals surface area contributed by atoms with Gasteiger partial charge in [0.05, 0.1) is 18.1 Å². The normalized spacial score (nSPS) is 11.8. The highest BCUT2D eigenvalue weighted by molar-refractivity contribution is 7.92. The molecule has 0 aliphatic rings. The molecule has 1 atom stereocenters. The predicted molar refractivity (Wildman–Crippen MR) is 122 cm³/mol. The lowest BCUT2D eigenvalue weighted by atomic mass is 10.1.